The molecule has 1 aromatic rings. The summed E-state index contributed by atoms with van der Waals surface area (Å²) in [5.74, 6) is -1.09. The number of aliphatic hydroxyl groups excluding tert-OH is 1. The van der Waals surface area contributed by atoms with Crippen molar-refractivity contribution in [3.63, 3.8) is 0 Å². The van der Waals surface area contributed by atoms with Gasteiger partial charge in [-0.15, -0.1) is 12.4 Å². The fraction of sp³-hybridized carbons (Fsp3) is 0.400. The molecule has 0 bridgehead atoms. The lowest BCUT2D eigenvalue weighted by Crippen LogP contribution is -2.12. The molecular weight excluding hydrogens is 221 g/mol. The van der Waals surface area contributed by atoms with E-state index in [1.165, 1.54) is 6.07 Å². The van der Waals surface area contributed by atoms with Crippen molar-refractivity contribution in [2.75, 3.05) is 6.61 Å². The van der Waals surface area contributed by atoms with Gasteiger partial charge in [0.25, 0.3) is 0 Å². The number of hydrogen-bond acceptors (Lipinski definition) is 3. The molecule has 3 nitrogen and oxygen atoms in total. The topological polar surface area (TPSA) is 66.5 Å². The highest BCUT2D eigenvalue weighted by Crippen LogP contribution is 2.28. The van der Waals surface area contributed by atoms with Gasteiger partial charge in [-0.2, -0.15) is 0 Å². The van der Waals surface area contributed by atoms with E-state index in [0.29, 0.717) is 17.5 Å². The van der Waals surface area contributed by atoms with Crippen LogP contribution in [-0.4, -0.2) is 16.8 Å². The highest BCUT2D eigenvalue weighted by atomic mass is 35.5. The zero-order valence-corrected chi connectivity index (χ0v) is 9.22. The van der Waals surface area contributed by atoms with Gasteiger partial charge in [-0.25, -0.2) is 4.39 Å². The number of rotatable bonds is 3. The molecule has 1 atom stereocenters. The van der Waals surface area contributed by atoms with E-state index in [1.54, 1.807) is 13.0 Å². The number of phenols is 1. The molecule has 0 amide bonds. The van der Waals surface area contributed by atoms with E-state index in [4.69, 9.17) is 10.8 Å². The van der Waals surface area contributed by atoms with E-state index >= 15 is 0 Å². The van der Waals surface area contributed by atoms with Crippen LogP contribution in [0.4, 0.5) is 4.39 Å². The molecule has 1 aromatic carbocycles. The molecule has 5 heteroatoms. The van der Waals surface area contributed by atoms with E-state index < -0.39 is 17.6 Å². The van der Waals surface area contributed by atoms with Gasteiger partial charge in [-0.1, -0.05) is 6.07 Å². The first-order valence-corrected chi connectivity index (χ1v) is 4.41. The van der Waals surface area contributed by atoms with Crippen molar-refractivity contribution in [2.24, 2.45) is 5.73 Å². The maximum Gasteiger partial charge on any atom is 0.165 e. The lowest BCUT2D eigenvalue weighted by Gasteiger charge is -2.13. The smallest absolute Gasteiger partial charge is 0.165 e. The molecule has 0 aliphatic rings. The summed E-state index contributed by atoms with van der Waals surface area (Å²) in [5, 5.41) is 18.1. The lowest BCUT2D eigenvalue weighted by atomic mass is 10.0. The van der Waals surface area contributed by atoms with E-state index in [9.17, 15) is 9.50 Å². The molecule has 4 N–H and O–H groups in total. The molecule has 0 saturated carbocycles. The average molecular weight is 236 g/mol. The maximum atomic E-state index is 13.1. The Morgan fingerprint density at radius 2 is 2.07 bits per heavy atom. The molecule has 1 rings (SSSR count). The van der Waals surface area contributed by atoms with Crippen molar-refractivity contribution < 1.29 is 14.6 Å². The molecule has 0 saturated heterocycles. The Hall–Kier alpha value is -0.840. The summed E-state index contributed by atoms with van der Waals surface area (Å²) in [6.45, 7) is 1.63. The molecule has 0 aliphatic carbocycles. The zero-order chi connectivity index (χ0) is 10.7. The molecule has 0 unspecified atom stereocenters. The number of aliphatic hydroxyl groups is 1. The van der Waals surface area contributed by atoms with Crippen LogP contribution in [0.1, 0.15) is 23.6 Å². The van der Waals surface area contributed by atoms with Crippen LogP contribution in [-0.2, 0) is 0 Å². The van der Waals surface area contributed by atoms with Gasteiger partial charge < -0.3 is 15.9 Å². The van der Waals surface area contributed by atoms with Gasteiger partial charge in [0.1, 0.15) is 0 Å². The molecule has 0 fully saturated rings. The molecule has 0 aliphatic heterocycles. The second kappa shape index (κ2) is 5.90. The normalized spacial score (nSPS) is 12.0. The minimum atomic E-state index is -0.673. The third-order valence-corrected chi connectivity index (χ3v) is 2.08. The van der Waals surface area contributed by atoms with Gasteiger partial charge in [0.2, 0.25) is 0 Å². The van der Waals surface area contributed by atoms with Crippen LogP contribution in [0.15, 0.2) is 12.1 Å². The Bertz CT molecular complexity index is 333. The summed E-state index contributed by atoms with van der Waals surface area (Å²) >= 11 is 0. The lowest BCUT2D eigenvalue weighted by molar-refractivity contribution is 0.275. The fourth-order valence-corrected chi connectivity index (χ4v) is 1.34. The van der Waals surface area contributed by atoms with Gasteiger partial charge in [0.15, 0.2) is 11.6 Å². The summed E-state index contributed by atoms with van der Waals surface area (Å²) in [5.41, 5.74) is 6.70. The monoisotopic (exact) mass is 235 g/mol. The van der Waals surface area contributed by atoms with Gasteiger partial charge >= 0.3 is 0 Å². The summed E-state index contributed by atoms with van der Waals surface area (Å²) < 4.78 is 13.1. The summed E-state index contributed by atoms with van der Waals surface area (Å²) in [6, 6.07) is 2.33. The second-order valence-corrected chi connectivity index (χ2v) is 3.30. The van der Waals surface area contributed by atoms with Crippen LogP contribution in [0, 0.1) is 12.7 Å². The average Bonchev–Trinajstić information content (AvgIpc) is 2.11. The summed E-state index contributed by atoms with van der Waals surface area (Å²) in [7, 11) is 0. The number of halogens is 2. The third-order valence-electron chi connectivity index (χ3n) is 2.08. The number of aryl methyl sites for hydroxylation is 1. The van der Waals surface area contributed by atoms with E-state index in [-0.39, 0.29) is 19.0 Å². The van der Waals surface area contributed by atoms with Gasteiger partial charge in [-0.05, 0) is 25.0 Å². The van der Waals surface area contributed by atoms with E-state index in [2.05, 4.69) is 0 Å². The minimum Gasteiger partial charge on any atom is -0.505 e. The Morgan fingerprint density at radius 1 is 1.47 bits per heavy atom. The minimum absolute atomic E-state index is 0. The number of benzene rings is 1. The standard InChI is InChI=1S/C10H14FNO2.ClH/c1-6-4-7(9(12)2-3-13)10(14)8(11)5-6;/h4-5,9,13-14H,2-3,12H2,1H3;1H/t9-;/m1./s1. The molecule has 0 radical (unpaired) electrons. The van der Waals surface area contributed by atoms with Crippen LogP contribution in [0.3, 0.4) is 0 Å². The summed E-state index contributed by atoms with van der Waals surface area (Å²) in [4.78, 5) is 0. The van der Waals surface area contributed by atoms with Crippen LogP contribution < -0.4 is 5.73 Å². The van der Waals surface area contributed by atoms with Crippen LogP contribution in [0.5, 0.6) is 5.75 Å². The number of hydrogen-bond donors (Lipinski definition) is 3. The van der Waals surface area contributed by atoms with Crippen molar-refractivity contribution in [1.29, 1.82) is 0 Å². The van der Waals surface area contributed by atoms with Crippen LogP contribution >= 0.6 is 12.4 Å². The molecule has 0 spiro atoms. The first-order chi connectivity index (χ1) is 6.56. The predicted octanol–water partition coefficient (Wildman–Crippen LogP) is 1.64. The van der Waals surface area contributed by atoms with Gasteiger partial charge in [0.05, 0.1) is 0 Å². The van der Waals surface area contributed by atoms with Crippen LogP contribution in [0.2, 0.25) is 0 Å². The highest BCUT2D eigenvalue weighted by Gasteiger charge is 2.14. The fourth-order valence-electron chi connectivity index (χ4n) is 1.34. The number of nitrogens with two attached hydrogens (primary N) is 1. The van der Waals surface area contributed by atoms with E-state index in [1.807, 2.05) is 0 Å². The SMILES string of the molecule is Cc1cc(F)c(O)c([C@H](N)CCO)c1.Cl. The van der Waals surface area contributed by atoms with Crippen molar-refractivity contribution in [1.82, 2.24) is 0 Å². The molecule has 86 valence electrons. The molecule has 0 aromatic heterocycles. The Balaban J connectivity index is 0.00000196. The molecule has 0 heterocycles. The van der Waals surface area contributed by atoms with Crippen molar-refractivity contribution in [2.45, 2.75) is 19.4 Å². The third kappa shape index (κ3) is 3.34. The Kier molecular flexibility index (Phi) is 5.57. The predicted molar refractivity (Wildman–Crippen MR) is 58.7 cm³/mol. The first kappa shape index (κ1) is 14.2. The van der Waals surface area contributed by atoms with Crippen molar-refractivity contribution in [3.8, 4) is 5.75 Å². The van der Waals surface area contributed by atoms with Gasteiger partial charge in [0, 0.05) is 18.2 Å². The van der Waals surface area contributed by atoms with Crippen molar-refractivity contribution in [3.05, 3.63) is 29.1 Å². The van der Waals surface area contributed by atoms with Crippen LogP contribution in [0.25, 0.3) is 0 Å². The number of phenolic OH excluding ortho intramolecular Hbond substituents is 1. The second-order valence-electron chi connectivity index (χ2n) is 3.30. The largest absolute Gasteiger partial charge is 0.505 e. The Morgan fingerprint density at radius 3 is 2.60 bits per heavy atom. The van der Waals surface area contributed by atoms with Gasteiger partial charge in [-0.3, -0.25) is 0 Å². The van der Waals surface area contributed by atoms with E-state index in [0.717, 1.165) is 0 Å². The maximum absolute atomic E-state index is 13.1. The quantitative estimate of drug-likeness (QED) is 0.746. The highest BCUT2D eigenvalue weighted by molar-refractivity contribution is 5.85. The number of aromatic hydroxyl groups is 1. The van der Waals surface area contributed by atoms with Crippen molar-refractivity contribution >= 4 is 12.4 Å². The first-order valence-electron chi connectivity index (χ1n) is 4.41. The molecular formula is C10H15ClFNO2. The Labute approximate surface area is 94.1 Å². The zero-order valence-electron chi connectivity index (χ0n) is 8.40. The summed E-state index contributed by atoms with van der Waals surface area (Å²) in [6.07, 6.45) is 0.302. The molecule has 15 heavy (non-hydrogen) atoms.